The molecule has 0 bridgehead atoms. The number of hydrogen-bond acceptors (Lipinski definition) is 5. The second-order valence-corrected chi connectivity index (χ2v) is 8.99. The maximum Gasteiger partial charge on any atom is 0.321 e. The first-order valence-corrected chi connectivity index (χ1v) is 10.7. The van der Waals surface area contributed by atoms with Crippen molar-refractivity contribution in [2.45, 2.75) is 64.8 Å². The Hall–Kier alpha value is -1.64. The highest BCUT2D eigenvalue weighted by Gasteiger charge is 2.45. The normalized spacial score (nSPS) is 23.2. The number of rotatable bonds is 8. The van der Waals surface area contributed by atoms with E-state index in [2.05, 4.69) is 4.98 Å². The van der Waals surface area contributed by atoms with Crippen LogP contribution in [-0.2, 0) is 22.5 Å². The molecular formula is C21H27Cl2N3O4. The average Bonchev–Trinajstić information content (AvgIpc) is 3.16. The Bertz CT molecular complexity index is 869. The van der Waals surface area contributed by atoms with Crippen molar-refractivity contribution >= 4 is 29.2 Å². The van der Waals surface area contributed by atoms with Gasteiger partial charge in [-0.1, -0.05) is 37.0 Å². The fourth-order valence-corrected chi connectivity index (χ4v) is 4.61. The molecule has 1 aromatic heterocycles. The SMILES string of the molecule is CC(C)CC(C(=O)O)N1C(C)OC(O)C1Cc1cncn1Cc1cc(Cl)cc(Cl)c1. The van der Waals surface area contributed by atoms with Crippen molar-refractivity contribution in [1.82, 2.24) is 14.5 Å². The topological polar surface area (TPSA) is 87.8 Å². The van der Waals surface area contributed by atoms with E-state index in [1.54, 1.807) is 30.4 Å². The van der Waals surface area contributed by atoms with Crippen LogP contribution in [-0.4, -0.2) is 55.2 Å². The van der Waals surface area contributed by atoms with Crippen LogP contribution in [0.3, 0.4) is 0 Å². The van der Waals surface area contributed by atoms with Crippen molar-refractivity contribution in [3.8, 4) is 0 Å². The number of aromatic nitrogens is 2. The number of aliphatic hydroxyl groups is 1. The molecule has 2 N–H and O–H groups in total. The molecule has 3 rings (SSSR count). The third-order valence-corrected chi connectivity index (χ3v) is 5.74. The molecule has 0 radical (unpaired) electrons. The zero-order valence-electron chi connectivity index (χ0n) is 17.2. The minimum Gasteiger partial charge on any atom is -0.480 e. The lowest BCUT2D eigenvalue weighted by Crippen LogP contribution is -2.50. The summed E-state index contributed by atoms with van der Waals surface area (Å²) in [6.45, 7) is 6.23. The molecule has 0 spiro atoms. The van der Waals surface area contributed by atoms with Gasteiger partial charge < -0.3 is 19.5 Å². The summed E-state index contributed by atoms with van der Waals surface area (Å²) in [5, 5.41) is 21.4. The van der Waals surface area contributed by atoms with Gasteiger partial charge in [-0.2, -0.15) is 0 Å². The van der Waals surface area contributed by atoms with Crippen LogP contribution in [0.1, 0.15) is 38.4 Å². The zero-order valence-corrected chi connectivity index (χ0v) is 18.7. The van der Waals surface area contributed by atoms with Crippen molar-refractivity contribution < 1.29 is 19.7 Å². The number of nitrogens with zero attached hydrogens (tertiary/aromatic N) is 3. The van der Waals surface area contributed by atoms with Gasteiger partial charge >= 0.3 is 5.97 Å². The summed E-state index contributed by atoms with van der Waals surface area (Å²) in [5.41, 5.74) is 1.77. The first-order chi connectivity index (χ1) is 14.2. The smallest absolute Gasteiger partial charge is 0.321 e. The van der Waals surface area contributed by atoms with E-state index in [1.807, 2.05) is 30.5 Å². The van der Waals surface area contributed by atoms with E-state index in [9.17, 15) is 15.0 Å². The van der Waals surface area contributed by atoms with E-state index in [-0.39, 0.29) is 5.92 Å². The second-order valence-electron chi connectivity index (χ2n) is 8.12. The third-order valence-electron chi connectivity index (χ3n) is 5.30. The summed E-state index contributed by atoms with van der Waals surface area (Å²) < 4.78 is 7.53. The van der Waals surface area contributed by atoms with E-state index in [0.717, 1.165) is 11.3 Å². The molecule has 1 aliphatic rings. The van der Waals surface area contributed by atoms with Gasteiger partial charge in [-0.15, -0.1) is 0 Å². The summed E-state index contributed by atoms with van der Waals surface area (Å²) in [6, 6.07) is 4.10. The molecule has 164 valence electrons. The molecule has 0 saturated carbocycles. The average molecular weight is 456 g/mol. The van der Waals surface area contributed by atoms with Crippen LogP contribution in [0.2, 0.25) is 10.0 Å². The molecular weight excluding hydrogens is 429 g/mol. The Kier molecular flexibility index (Phi) is 7.42. The van der Waals surface area contributed by atoms with Crippen molar-refractivity contribution in [2.24, 2.45) is 5.92 Å². The molecule has 1 saturated heterocycles. The van der Waals surface area contributed by atoms with Crippen molar-refractivity contribution in [1.29, 1.82) is 0 Å². The van der Waals surface area contributed by atoms with Gasteiger partial charge in [0.15, 0.2) is 6.29 Å². The summed E-state index contributed by atoms with van der Waals surface area (Å²) in [6.07, 6.45) is 2.68. The number of benzene rings is 1. The first kappa shape index (κ1) is 23.0. The lowest BCUT2D eigenvalue weighted by molar-refractivity contribution is -0.147. The van der Waals surface area contributed by atoms with Crippen LogP contribution in [0.5, 0.6) is 0 Å². The van der Waals surface area contributed by atoms with Crippen LogP contribution in [0.15, 0.2) is 30.7 Å². The highest BCUT2D eigenvalue weighted by Crippen LogP contribution is 2.30. The van der Waals surface area contributed by atoms with Crippen molar-refractivity contribution in [3.05, 3.63) is 52.0 Å². The molecule has 4 atom stereocenters. The number of carboxylic acid groups (broad SMARTS) is 1. The molecule has 0 amide bonds. The number of halogens is 2. The molecule has 30 heavy (non-hydrogen) atoms. The number of carboxylic acids is 1. The minimum absolute atomic E-state index is 0.190. The van der Waals surface area contributed by atoms with Gasteiger partial charge in [-0.3, -0.25) is 9.69 Å². The lowest BCUT2D eigenvalue weighted by Gasteiger charge is -2.33. The predicted octanol–water partition coefficient (Wildman–Crippen LogP) is 3.65. The Morgan fingerprint density at radius 3 is 2.53 bits per heavy atom. The van der Waals surface area contributed by atoms with Crippen LogP contribution < -0.4 is 0 Å². The number of carbonyl (C=O) groups is 1. The van der Waals surface area contributed by atoms with E-state index in [4.69, 9.17) is 27.9 Å². The number of imidazole rings is 1. The Balaban J connectivity index is 1.83. The monoisotopic (exact) mass is 455 g/mol. The minimum atomic E-state index is -1.09. The second kappa shape index (κ2) is 9.66. The molecule has 1 fully saturated rings. The molecule has 1 aliphatic heterocycles. The molecule has 9 heteroatoms. The third kappa shape index (κ3) is 5.34. The molecule has 0 aliphatic carbocycles. The molecule has 1 aromatic carbocycles. The number of aliphatic carboxylic acids is 1. The fourth-order valence-electron chi connectivity index (χ4n) is 4.04. The Morgan fingerprint density at radius 2 is 1.93 bits per heavy atom. The van der Waals surface area contributed by atoms with E-state index in [1.165, 1.54) is 0 Å². The standard InChI is InChI=1S/C21H27Cl2N3O4/c1-12(2)4-18(20(27)28)26-13(3)30-21(29)19(26)8-17-9-24-11-25(17)10-14-5-15(22)7-16(23)6-14/h5-7,9,11-13,18-19,21,29H,4,8,10H2,1-3H3,(H,27,28). The van der Waals surface area contributed by atoms with Crippen molar-refractivity contribution in [2.75, 3.05) is 0 Å². The van der Waals surface area contributed by atoms with Gasteiger partial charge in [0.25, 0.3) is 0 Å². The van der Waals surface area contributed by atoms with E-state index in [0.29, 0.717) is 29.4 Å². The molecule has 2 heterocycles. The summed E-state index contributed by atoms with van der Waals surface area (Å²) in [5.74, 6) is -0.727. The van der Waals surface area contributed by atoms with Crippen LogP contribution in [0.25, 0.3) is 0 Å². The van der Waals surface area contributed by atoms with Crippen LogP contribution in [0.4, 0.5) is 0 Å². The van der Waals surface area contributed by atoms with Crippen molar-refractivity contribution in [3.63, 3.8) is 0 Å². The summed E-state index contributed by atoms with van der Waals surface area (Å²) >= 11 is 12.2. The van der Waals surface area contributed by atoms with Gasteiger partial charge in [0.05, 0.1) is 12.4 Å². The lowest BCUT2D eigenvalue weighted by atomic mass is 9.99. The van der Waals surface area contributed by atoms with Gasteiger partial charge in [-0.25, -0.2) is 4.98 Å². The summed E-state index contributed by atoms with van der Waals surface area (Å²) in [4.78, 5) is 18.0. The number of hydrogen-bond donors (Lipinski definition) is 2. The molecule has 2 aromatic rings. The van der Waals surface area contributed by atoms with Crippen LogP contribution >= 0.6 is 23.2 Å². The van der Waals surface area contributed by atoms with Gasteiger partial charge in [0.1, 0.15) is 12.3 Å². The summed E-state index contributed by atoms with van der Waals surface area (Å²) in [7, 11) is 0. The highest BCUT2D eigenvalue weighted by molar-refractivity contribution is 6.34. The quantitative estimate of drug-likeness (QED) is 0.631. The zero-order chi connectivity index (χ0) is 22.0. The maximum atomic E-state index is 12.0. The largest absolute Gasteiger partial charge is 0.480 e. The molecule has 7 nitrogen and oxygen atoms in total. The molecule has 4 unspecified atom stereocenters. The predicted molar refractivity (Wildman–Crippen MR) is 115 cm³/mol. The maximum absolute atomic E-state index is 12.0. The fraction of sp³-hybridized carbons (Fsp3) is 0.524. The van der Waals surface area contributed by atoms with Crippen LogP contribution in [0, 0.1) is 5.92 Å². The number of ether oxygens (including phenoxy) is 1. The van der Waals surface area contributed by atoms with E-state index < -0.39 is 30.6 Å². The highest BCUT2D eigenvalue weighted by atomic mass is 35.5. The van der Waals surface area contributed by atoms with Gasteiger partial charge in [0.2, 0.25) is 0 Å². The number of aliphatic hydroxyl groups excluding tert-OH is 1. The Labute approximate surface area is 186 Å². The van der Waals surface area contributed by atoms with E-state index >= 15 is 0 Å². The van der Waals surface area contributed by atoms with Gasteiger partial charge in [0, 0.05) is 34.9 Å². The van der Waals surface area contributed by atoms with Gasteiger partial charge in [-0.05, 0) is 43.0 Å². The Morgan fingerprint density at radius 1 is 1.27 bits per heavy atom. The first-order valence-electron chi connectivity index (χ1n) is 9.93.